The first-order valence-corrected chi connectivity index (χ1v) is 8.43. The Morgan fingerprint density at radius 3 is 2.58 bits per heavy atom. The molecular weight excluding hydrogens is 321 g/mol. The molecule has 1 fully saturated rings. The monoisotopic (exact) mass is 344 g/mol. The van der Waals surface area contributed by atoms with Gasteiger partial charge < -0.3 is 4.90 Å². The molecule has 2 aliphatic heterocycles. The highest BCUT2D eigenvalue weighted by Crippen LogP contribution is 2.34. The Bertz CT molecular complexity index is 605. The quantitative estimate of drug-likeness (QED) is 0.897. The zero-order valence-electron chi connectivity index (χ0n) is 14.0. The minimum absolute atomic E-state index is 0.0161. The van der Waals surface area contributed by atoms with Crippen molar-refractivity contribution in [2.45, 2.75) is 51.9 Å². The second-order valence-corrected chi connectivity index (χ2v) is 6.93. The largest absolute Gasteiger partial charge is 0.435 e. The van der Waals surface area contributed by atoms with Crippen LogP contribution in [0.25, 0.3) is 0 Å². The SMILES string of the molecule is CC1CCN(C(=O)C(C)N2CCc3[nH]nc(C(F)(F)F)c3C2)CC1. The van der Waals surface area contributed by atoms with E-state index in [1.165, 1.54) is 0 Å². The molecule has 0 aliphatic carbocycles. The van der Waals surface area contributed by atoms with E-state index < -0.39 is 17.9 Å². The Hall–Kier alpha value is -1.57. The number of nitrogens with one attached hydrogen (secondary N) is 1. The van der Waals surface area contributed by atoms with Gasteiger partial charge in [-0.1, -0.05) is 6.92 Å². The average molecular weight is 344 g/mol. The summed E-state index contributed by atoms with van der Waals surface area (Å²) in [5.74, 6) is 0.643. The lowest BCUT2D eigenvalue weighted by atomic mass is 9.98. The van der Waals surface area contributed by atoms with Crippen LogP contribution in [0.1, 0.15) is 43.6 Å². The van der Waals surface area contributed by atoms with Crippen molar-refractivity contribution in [3.05, 3.63) is 17.0 Å². The van der Waals surface area contributed by atoms with E-state index in [4.69, 9.17) is 0 Å². The normalized spacial score (nSPS) is 21.6. The van der Waals surface area contributed by atoms with E-state index in [0.29, 0.717) is 24.6 Å². The van der Waals surface area contributed by atoms with Gasteiger partial charge in [0.15, 0.2) is 5.69 Å². The number of aromatic nitrogens is 2. The number of carbonyl (C=O) groups excluding carboxylic acids is 1. The fraction of sp³-hybridized carbons (Fsp3) is 0.750. The second kappa shape index (κ2) is 6.38. The number of piperidine rings is 1. The number of nitrogens with zero attached hydrogens (tertiary/aromatic N) is 3. The van der Waals surface area contributed by atoms with Crippen molar-refractivity contribution in [1.29, 1.82) is 0 Å². The highest BCUT2D eigenvalue weighted by molar-refractivity contribution is 5.81. The summed E-state index contributed by atoms with van der Waals surface area (Å²) in [4.78, 5) is 16.3. The number of amides is 1. The van der Waals surface area contributed by atoms with Crippen LogP contribution in [0.3, 0.4) is 0 Å². The summed E-state index contributed by atoms with van der Waals surface area (Å²) in [5, 5.41) is 5.93. The van der Waals surface area contributed by atoms with Crippen LogP contribution in [0.15, 0.2) is 0 Å². The van der Waals surface area contributed by atoms with Crippen molar-refractivity contribution < 1.29 is 18.0 Å². The van der Waals surface area contributed by atoms with Crippen molar-refractivity contribution >= 4 is 5.91 Å². The molecular formula is C16H23F3N4O. The van der Waals surface area contributed by atoms with E-state index in [-0.39, 0.29) is 18.0 Å². The molecule has 1 N–H and O–H groups in total. The fourth-order valence-corrected chi connectivity index (χ4v) is 3.53. The van der Waals surface area contributed by atoms with Gasteiger partial charge in [-0.2, -0.15) is 18.3 Å². The molecule has 0 aromatic carbocycles. The van der Waals surface area contributed by atoms with Crippen LogP contribution >= 0.6 is 0 Å². The Balaban J connectivity index is 1.70. The number of aromatic amines is 1. The number of rotatable bonds is 2. The Morgan fingerprint density at radius 2 is 1.96 bits per heavy atom. The molecule has 1 atom stereocenters. The van der Waals surface area contributed by atoms with Gasteiger partial charge in [-0.25, -0.2) is 0 Å². The van der Waals surface area contributed by atoms with Crippen LogP contribution < -0.4 is 0 Å². The maximum Gasteiger partial charge on any atom is 0.435 e. The Labute approximate surface area is 139 Å². The van der Waals surface area contributed by atoms with Crippen LogP contribution in [0.5, 0.6) is 0 Å². The molecule has 1 aromatic rings. The van der Waals surface area contributed by atoms with Crippen molar-refractivity contribution in [1.82, 2.24) is 20.0 Å². The van der Waals surface area contributed by atoms with E-state index in [0.717, 1.165) is 25.9 Å². The maximum atomic E-state index is 13.0. The second-order valence-electron chi connectivity index (χ2n) is 6.93. The predicted octanol–water partition coefficient (Wildman–Crippen LogP) is 2.43. The molecule has 134 valence electrons. The van der Waals surface area contributed by atoms with Crippen LogP contribution in [0, 0.1) is 5.92 Å². The van der Waals surface area contributed by atoms with E-state index in [1.807, 2.05) is 9.80 Å². The molecule has 0 bridgehead atoms. The summed E-state index contributed by atoms with van der Waals surface area (Å²) in [6.45, 7) is 6.11. The van der Waals surface area contributed by atoms with E-state index >= 15 is 0 Å². The van der Waals surface area contributed by atoms with Crippen molar-refractivity contribution in [3.8, 4) is 0 Å². The first-order chi connectivity index (χ1) is 11.3. The van der Waals surface area contributed by atoms with Crippen molar-refractivity contribution in [2.75, 3.05) is 19.6 Å². The highest BCUT2D eigenvalue weighted by Gasteiger charge is 2.40. The van der Waals surface area contributed by atoms with Gasteiger partial charge in [-0.3, -0.25) is 14.8 Å². The van der Waals surface area contributed by atoms with Crippen molar-refractivity contribution in [3.63, 3.8) is 0 Å². The van der Waals surface area contributed by atoms with Gasteiger partial charge in [0, 0.05) is 43.9 Å². The molecule has 24 heavy (non-hydrogen) atoms. The molecule has 0 radical (unpaired) electrons. The molecule has 3 heterocycles. The number of likely N-dealkylation sites (tertiary alicyclic amines) is 1. The lowest BCUT2D eigenvalue weighted by Gasteiger charge is -2.37. The molecule has 1 unspecified atom stereocenters. The summed E-state index contributed by atoms with van der Waals surface area (Å²) < 4.78 is 39.1. The molecule has 0 spiro atoms. The van der Waals surface area contributed by atoms with E-state index in [9.17, 15) is 18.0 Å². The van der Waals surface area contributed by atoms with Crippen molar-refractivity contribution in [2.24, 2.45) is 5.92 Å². The van der Waals surface area contributed by atoms with Crippen LogP contribution in [-0.2, 0) is 23.9 Å². The summed E-state index contributed by atoms with van der Waals surface area (Å²) in [6, 6.07) is -0.414. The summed E-state index contributed by atoms with van der Waals surface area (Å²) in [7, 11) is 0. The van der Waals surface area contributed by atoms with Gasteiger partial charge in [0.05, 0.1) is 6.04 Å². The third-order valence-electron chi connectivity index (χ3n) is 5.23. The van der Waals surface area contributed by atoms with Gasteiger partial charge >= 0.3 is 6.18 Å². The number of hydrogen-bond acceptors (Lipinski definition) is 3. The van der Waals surface area contributed by atoms with E-state index in [1.54, 1.807) is 6.92 Å². The standard InChI is InChI=1S/C16H23F3N4O/c1-10-3-6-22(7-4-10)15(24)11(2)23-8-5-13-12(9-23)14(21-20-13)16(17,18)19/h10-11H,3-9H2,1-2H3,(H,20,21). The summed E-state index contributed by atoms with van der Waals surface area (Å²) in [6.07, 6.45) is -2.04. The third-order valence-corrected chi connectivity index (χ3v) is 5.23. The van der Waals surface area contributed by atoms with Gasteiger partial charge in [0.25, 0.3) is 0 Å². The van der Waals surface area contributed by atoms with Gasteiger partial charge in [-0.15, -0.1) is 0 Å². The summed E-state index contributed by atoms with van der Waals surface area (Å²) in [5.41, 5.74) is -0.140. The number of hydrogen-bond donors (Lipinski definition) is 1. The maximum absolute atomic E-state index is 13.0. The minimum atomic E-state index is -4.47. The smallest absolute Gasteiger partial charge is 0.341 e. The van der Waals surface area contributed by atoms with E-state index in [2.05, 4.69) is 17.1 Å². The van der Waals surface area contributed by atoms with Gasteiger partial charge in [0.1, 0.15) is 0 Å². The molecule has 1 saturated heterocycles. The van der Waals surface area contributed by atoms with Gasteiger partial charge in [-0.05, 0) is 25.7 Å². The molecule has 8 heteroatoms. The Kier molecular flexibility index (Phi) is 4.59. The van der Waals surface area contributed by atoms with Crippen LogP contribution in [0.4, 0.5) is 13.2 Å². The average Bonchev–Trinajstić information content (AvgIpc) is 2.97. The first kappa shape index (κ1) is 17.3. The lowest BCUT2D eigenvalue weighted by Crippen LogP contribution is -2.50. The fourth-order valence-electron chi connectivity index (χ4n) is 3.53. The number of halogens is 3. The number of H-pyrrole nitrogens is 1. The highest BCUT2D eigenvalue weighted by atomic mass is 19.4. The summed E-state index contributed by atoms with van der Waals surface area (Å²) >= 11 is 0. The van der Waals surface area contributed by atoms with Gasteiger partial charge in [0.2, 0.25) is 5.91 Å². The minimum Gasteiger partial charge on any atom is -0.341 e. The molecule has 5 nitrogen and oxygen atoms in total. The Morgan fingerprint density at radius 1 is 1.29 bits per heavy atom. The number of fused-ring (bicyclic) bond motifs is 1. The molecule has 1 aromatic heterocycles. The molecule has 2 aliphatic rings. The topological polar surface area (TPSA) is 52.2 Å². The first-order valence-electron chi connectivity index (χ1n) is 8.43. The molecule has 3 rings (SSSR count). The zero-order chi connectivity index (χ0) is 17.5. The molecule has 0 saturated carbocycles. The number of alkyl halides is 3. The van der Waals surface area contributed by atoms with Crippen LogP contribution in [-0.4, -0.2) is 51.6 Å². The third kappa shape index (κ3) is 3.29. The zero-order valence-corrected chi connectivity index (χ0v) is 14.0. The van der Waals surface area contributed by atoms with Crippen LogP contribution in [0.2, 0.25) is 0 Å². The molecule has 1 amide bonds. The number of carbonyl (C=O) groups is 1. The lowest BCUT2D eigenvalue weighted by molar-refractivity contribution is -0.142. The predicted molar refractivity (Wildman–Crippen MR) is 82.1 cm³/mol.